The lowest BCUT2D eigenvalue weighted by Crippen LogP contribution is -2.47. The summed E-state index contributed by atoms with van der Waals surface area (Å²) in [6, 6.07) is -0.0539. The van der Waals surface area contributed by atoms with Gasteiger partial charge in [-0.1, -0.05) is 34.1 Å². The Bertz CT molecular complexity index is 242. The van der Waals surface area contributed by atoms with Crippen LogP contribution in [0.4, 0.5) is 0 Å². The summed E-state index contributed by atoms with van der Waals surface area (Å²) < 4.78 is 4.95. The molecule has 1 N–H and O–H groups in total. The Balaban J connectivity index is 4.53. The average Bonchev–Trinajstić information content (AvgIpc) is 2.35. The summed E-state index contributed by atoms with van der Waals surface area (Å²) in [6.45, 7) is 10.7. The van der Waals surface area contributed by atoms with Gasteiger partial charge in [-0.05, 0) is 25.4 Å². The van der Waals surface area contributed by atoms with E-state index in [4.69, 9.17) is 4.74 Å². The smallest absolute Gasteiger partial charge is 0.237 e. The maximum atomic E-state index is 12.2. The summed E-state index contributed by atoms with van der Waals surface area (Å²) >= 11 is 0. The molecular weight excluding hydrogens is 228 g/mol. The summed E-state index contributed by atoms with van der Waals surface area (Å²) in [6.07, 6.45) is 1.96. The minimum Gasteiger partial charge on any atom is -0.383 e. The van der Waals surface area contributed by atoms with Gasteiger partial charge >= 0.3 is 0 Å². The number of nitrogens with one attached hydrogen (secondary N) is 1. The van der Waals surface area contributed by atoms with Crippen LogP contribution >= 0.6 is 0 Å². The molecule has 0 bridgehead atoms. The lowest BCUT2D eigenvalue weighted by Gasteiger charge is -2.33. The highest BCUT2D eigenvalue weighted by Crippen LogP contribution is 2.27. The average molecular weight is 258 g/mol. The number of rotatable bonds is 9. The highest BCUT2D eigenvalue weighted by atomic mass is 16.5. The van der Waals surface area contributed by atoms with Crippen molar-refractivity contribution in [3.8, 4) is 0 Å². The monoisotopic (exact) mass is 258 g/mol. The van der Waals surface area contributed by atoms with Gasteiger partial charge in [-0.3, -0.25) is 9.69 Å². The van der Waals surface area contributed by atoms with E-state index in [1.807, 2.05) is 7.05 Å². The largest absolute Gasteiger partial charge is 0.383 e. The number of carbonyl (C=O) groups excluding carboxylic acids is 1. The molecule has 0 rings (SSSR count). The van der Waals surface area contributed by atoms with Crippen LogP contribution < -0.4 is 5.32 Å². The molecule has 1 amide bonds. The minimum atomic E-state index is -0.0539. The zero-order chi connectivity index (χ0) is 14.2. The van der Waals surface area contributed by atoms with Crippen LogP contribution in [-0.2, 0) is 9.53 Å². The van der Waals surface area contributed by atoms with Gasteiger partial charge in [-0.2, -0.15) is 0 Å². The van der Waals surface area contributed by atoms with E-state index in [1.54, 1.807) is 7.11 Å². The molecule has 1 atom stereocenters. The summed E-state index contributed by atoms with van der Waals surface area (Å²) in [5.74, 6) is 0.109. The van der Waals surface area contributed by atoms with Crippen molar-refractivity contribution in [2.45, 2.75) is 46.6 Å². The van der Waals surface area contributed by atoms with E-state index in [-0.39, 0.29) is 17.4 Å². The Morgan fingerprint density at radius 2 is 2.00 bits per heavy atom. The molecule has 0 saturated heterocycles. The minimum absolute atomic E-state index is 0.0539. The topological polar surface area (TPSA) is 41.6 Å². The first kappa shape index (κ1) is 17.4. The van der Waals surface area contributed by atoms with Crippen LogP contribution in [0.25, 0.3) is 0 Å². The van der Waals surface area contributed by atoms with Gasteiger partial charge in [0.05, 0.1) is 12.6 Å². The Morgan fingerprint density at radius 1 is 1.39 bits per heavy atom. The molecule has 0 aromatic carbocycles. The van der Waals surface area contributed by atoms with E-state index in [1.165, 1.54) is 0 Å². The number of ether oxygens (including phenoxy) is 1. The molecule has 0 aliphatic carbocycles. The molecule has 0 radical (unpaired) electrons. The van der Waals surface area contributed by atoms with Crippen molar-refractivity contribution in [1.82, 2.24) is 10.2 Å². The lowest BCUT2D eigenvalue weighted by atomic mass is 9.82. The van der Waals surface area contributed by atoms with E-state index >= 15 is 0 Å². The van der Waals surface area contributed by atoms with Crippen molar-refractivity contribution >= 4 is 5.91 Å². The molecule has 1 unspecified atom stereocenters. The fraction of sp³-hybridized carbons (Fsp3) is 0.929. The standard InChI is InChI=1S/C14H30N2O2/c1-7-14(3,4)11-12(16(5)8-2)13(17)15-9-10-18-6/h12H,7-11H2,1-6H3,(H,15,17). The zero-order valence-corrected chi connectivity index (χ0v) is 12.9. The second kappa shape index (κ2) is 8.48. The molecule has 0 saturated carbocycles. The molecule has 4 nitrogen and oxygen atoms in total. The molecule has 0 fully saturated rings. The number of amides is 1. The quantitative estimate of drug-likeness (QED) is 0.642. The Morgan fingerprint density at radius 3 is 2.44 bits per heavy atom. The first-order valence-electron chi connectivity index (χ1n) is 6.84. The molecule has 0 aromatic heterocycles. The Labute approximate surface area is 112 Å². The van der Waals surface area contributed by atoms with Crippen LogP contribution in [0.2, 0.25) is 0 Å². The van der Waals surface area contributed by atoms with Crippen LogP contribution in [0.5, 0.6) is 0 Å². The highest BCUT2D eigenvalue weighted by Gasteiger charge is 2.28. The maximum Gasteiger partial charge on any atom is 0.237 e. The predicted octanol–water partition coefficient (Wildman–Crippen LogP) is 1.90. The van der Waals surface area contributed by atoms with Crippen LogP contribution in [0.1, 0.15) is 40.5 Å². The third-order valence-electron chi connectivity index (χ3n) is 3.64. The van der Waals surface area contributed by atoms with Crippen LogP contribution in [0, 0.1) is 5.41 Å². The van der Waals surface area contributed by atoms with Gasteiger partial charge in [0.15, 0.2) is 0 Å². The van der Waals surface area contributed by atoms with Crippen molar-refractivity contribution in [3.05, 3.63) is 0 Å². The Hall–Kier alpha value is -0.610. The second-order valence-corrected chi connectivity index (χ2v) is 5.59. The van der Waals surface area contributed by atoms with Crippen molar-refractivity contribution < 1.29 is 9.53 Å². The van der Waals surface area contributed by atoms with E-state index < -0.39 is 0 Å². The van der Waals surface area contributed by atoms with Gasteiger partial charge in [0, 0.05) is 13.7 Å². The van der Waals surface area contributed by atoms with Crippen molar-refractivity contribution in [2.24, 2.45) is 5.41 Å². The van der Waals surface area contributed by atoms with Crippen molar-refractivity contribution in [2.75, 3.05) is 33.9 Å². The molecule has 18 heavy (non-hydrogen) atoms. The fourth-order valence-corrected chi connectivity index (χ4v) is 1.73. The van der Waals surface area contributed by atoms with Gasteiger partial charge in [-0.15, -0.1) is 0 Å². The van der Waals surface area contributed by atoms with E-state index in [2.05, 4.69) is 37.9 Å². The zero-order valence-electron chi connectivity index (χ0n) is 12.9. The first-order chi connectivity index (χ1) is 8.37. The van der Waals surface area contributed by atoms with E-state index in [0.717, 1.165) is 19.4 Å². The SMILES string of the molecule is CCN(C)C(CC(C)(C)CC)C(=O)NCCOC. The Kier molecular flexibility index (Phi) is 8.20. The van der Waals surface area contributed by atoms with Gasteiger partial charge < -0.3 is 10.1 Å². The van der Waals surface area contributed by atoms with Crippen LogP contribution in [0.3, 0.4) is 0 Å². The summed E-state index contributed by atoms with van der Waals surface area (Å²) in [5.41, 5.74) is 0.187. The molecule has 0 aliphatic heterocycles. The van der Waals surface area contributed by atoms with E-state index in [9.17, 15) is 4.79 Å². The third kappa shape index (κ3) is 6.36. The lowest BCUT2D eigenvalue weighted by molar-refractivity contribution is -0.127. The predicted molar refractivity (Wildman–Crippen MR) is 75.7 cm³/mol. The molecule has 0 aromatic rings. The maximum absolute atomic E-state index is 12.2. The number of hydrogen-bond donors (Lipinski definition) is 1. The molecular formula is C14H30N2O2. The molecule has 4 heteroatoms. The highest BCUT2D eigenvalue weighted by molar-refractivity contribution is 5.81. The van der Waals surface area contributed by atoms with Crippen LogP contribution in [0.15, 0.2) is 0 Å². The second-order valence-electron chi connectivity index (χ2n) is 5.59. The molecule has 0 heterocycles. The van der Waals surface area contributed by atoms with Crippen molar-refractivity contribution in [1.29, 1.82) is 0 Å². The summed E-state index contributed by atoms with van der Waals surface area (Å²) in [4.78, 5) is 14.3. The number of nitrogens with zero attached hydrogens (tertiary/aromatic N) is 1. The number of hydrogen-bond acceptors (Lipinski definition) is 3. The number of methoxy groups -OCH3 is 1. The van der Waals surface area contributed by atoms with Gasteiger partial charge in [0.1, 0.15) is 0 Å². The first-order valence-corrected chi connectivity index (χ1v) is 6.84. The number of carbonyl (C=O) groups is 1. The van der Waals surface area contributed by atoms with E-state index in [0.29, 0.717) is 13.2 Å². The van der Waals surface area contributed by atoms with Crippen molar-refractivity contribution in [3.63, 3.8) is 0 Å². The van der Waals surface area contributed by atoms with Gasteiger partial charge in [0.2, 0.25) is 5.91 Å². The van der Waals surface area contributed by atoms with Gasteiger partial charge in [-0.25, -0.2) is 0 Å². The van der Waals surface area contributed by atoms with Gasteiger partial charge in [0.25, 0.3) is 0 Å². The normalized spacial score (nSPS) is 13.7. The summed E-state index contributed by atoms with van der Waals surface area (Å²) in [7, 11) is 3.65. The third-order valence-corrected chi connectivity index (χ3v) is 3.64. The molecule has 0 spiro atoms. The van der Waals surface area contributed by atoms with Crippen LogP contribution in [-0.4, -0.2) is 50.7 Å². The molecule has 108 valence electrons. The number of likely N-dealkylation sites (N-methyl/N-ethyl adjacent to an activating group) is 1. The fourth-order valence-electron chi connectivity index (χ4n) is 1.73. The molecule has 0 aliphatic rings. The summed E-state index contributed by atoms with van der Waals surface area (Å²) in [5, 5.41) is 2.94.